The van der Waals surface area contributed by atoms with Gasteiger partial charge in [0.1, 0.15) is 12.2 Å². The van der Waals surface area contributed by atoms with E-state index in [1.807, 2.05) is 43.3 Å². The highest BCUT2D eigenvalue weighted by atomic mass is 32.1. The Bertz CT molecular complexity index is 1050. The number of hydrogen-bond donors (Lipinski definition) is 0. The van der Waals surface area contributed by atoms with Crippen molar-refractivity contribution in [3.8, 4) is 11.5 Å². The van der Waals surface area contributed by atoms with E-state index in [-0.39, 0.29) is 23.3 Å². The van der Waals surface area contributed by atoms with Gasteiger partial charge in [0, 0.05) is 0 Å². The molecule has 0 radical (unpaired) electrons. The maximum absolute atomic E-state index is 13.4. The molecule has 0 spiro atoms. The molecule has 0 atom stereocenters. The van der Waals surface area contributed by atoms with Crippen LogP contribution in [0.15, 0.2) is 54.2 Å². The molecule has 174 valence electrons. The SMILES string of the molecule is CCOc1cc(/C=C2/C(=O)N(c3ccccc3)C(=S)N2CC(=O)OC)ccc1OCC(C)C. The lowest BCUT2D eigenvalue weighted by molar-refractivity contribution is -0.140. The highest BCUT2D eigenvalue weighted by Gasteiger charge is 2.40. The van der Waals surface area contributed by atoms with Crippen LogP contribution in [-0.4, -0.2) is 48.8 Å². The van der Waals surface area contributed by atoms with Crippen LogP contribution < -0.4 is 14.4 Å². The predicted octanol–water partition coefficient (Wildman–Crippen LogP) is 4.27. The smallest absolute Gasteiger partial charge is 0.325 e. The molecule has 0 unspecified atom stereocenters. The highest BCUT2D eigenvalue weighted by molar-refractivity contribution is 7.80. The first-order valence-corrected chi connectivity index (χ1v) is 11.2. The van der Waals surface area contributed by atoms with Crippen LogP contribution >= 0.6 is 12.2 Å². The van der Waals surface area contributed by atoms with Crippen molar-refractivity contribution in [3.05, 3.63) is 59.8 Å². The van der Waals surface area contributed by atoms with E-state index in [1.165, 1.54) is 16.9 Å². The lowest BCUT2D eigenvalue weighted by Gasteiger charge is -2.19. The summed E-state index contributed by atoms with van der Waals surface area (Å²) < 4.78 is 16.4. The number of carbonyl (C=O) groups is 2. The average Bonchev–Trinajstić information content (AvgIpc) is 3.03. The minimum Gasteiger partial charge on any atom is -0.490 e. The van der Waals surface area contributed by atoms with Crippen LogP contribution in [-0.2, 0) is 14.3 Å². The van der Waals surface area contributed by atoms with Crippen molar-refractivity contribution in [2.75, 3.05) is 31.8 Å². The van der Waals surface area contributed by atoms with Gasteiger partial charge in [0.15, 0.2) is 16.6 Å². The number of anilines is 1. The van der Waals surface area contributed by atoms with E-state index in [1.54, 1.807) is 18.2 Å². The molecule has 0 aliphatic carbocycles. The molecule has 0 aromatic heterocycles. The molecular weight excluding hydrogens is 440 g/mol. The Hall–Kier alpha value is -3.39. The minimum atomic E-state index is -0.501. The van der Waals surface area contributed by atoms with E-state index < -0.39 is 5.97 Å². The zero-order valence-corrected chi connectivity index (χ0v) is 20.1. The molecule has 3 rings (SSSR count). The number of amides is 1. The molecule has 2 aromatic carbocycles. The molecule has 33 heavy (non-hydrogen) atoms. The number of para-hydroxylation sites is 1. The normalized spacial score (nSPS) is 14.9. The summed E-state index contributed by atoms with van der Waals surface area (Å²) in [5.41, 5.74) is 1.61. The maximum Gasteiger partial charge on any atom is 0.325 e. The van der Waals surface area contributed by atoms with E-state index in [2.05, 4.69) is 13.8 Å². The van der Waals surface area contributed by atoms with Crippen molar-refractivity contribution < 1.29 is 23.8 Å². The molecule has 1 saturated heterocycles. The number of benzene rings is 2. The molecule has 0 saturated carbocycles. The van der Waals surface area contributed by atoms with Crippen LogP contribution in [0.3, 0.4) is 0 Å². The molecule has 1 amide bonds. The summed E-state index contributed by atoms with van der Waals surface area (Å²) in [7, 11) is 1.30. The van der Waals surface area contributed by atoms with Gasteiger partial charge < -0.3 is 19.1 Å². The van der Waals surface area contributed by atoms with Crippen LogP contribution in [0.1, 0.15) is 26.3 Å². The van der Waals surface area contributed by atoms with Gasteiger partial charge in [-0.15, -0.1) is 0 Å². The van der Waals surface area contributed by atoms with Gasteiger partial charge in [-0.3, -0.25) is 14.5 Å². The fourth-order valence-corrected chi connectivity index (χ4v) is 3.60. The molecule has 7 nitrogen and oxygen atoms in total. The van der Waals surface area contributed by atoms with Crippen molar-refractivity contribution in [2.45, 2.75) is 20.8 Å². The molecule has 2 aromatic rings. The van der Waals surface area contributed by atoms with Crippen LogP contribution in [0.4, 0.5) is 5.69 Å². The van der Waals surface area contributed by atoms with E-state index in [0.29, 0.717) is 41.9 Å². The minimum absolute atomic E-state index is 0.176. The van der Waals surface area contributed by atoms with E-state index in [0.717, 1.165) is 0 Å². The van der Waals surface area contributed by atoms with Crippen LogP contribution in [0.5, 0.6) is 11.5 Å². The summed E-state index contributed by atoms with van der Waals surface area (Å²) in [6, 6.07) is 14.5. The number of rotatable bonds is 9. The van der Waals surface area contributed by atoms with Gasteiger partial charge in [0.25, 0.3) is 5.91 Å². The zero-order valence-electron chi connectivity index (χ0n) is 19.2. The van der Waals surface area contributed by atoms with Gasteiger partial charge in [-0.1, -0.05) is 38.1 Å². The van der Waals surface area contributed by atoms with Gasteiger partial charge in [-0.25, -0.2) is 0 Å². The first-order valence-electron chi connectivity index (χ1n) is 10.7. The second kappa shape index (κ2) is 11.0. The van der Waals surface area contributed by atoms with Crippen molar-refractivity contribution in [2.24, 2.45) is 5.92 Å². The van der Waals surface area contributed by atoms with Gasteiger partial charge in [-0.2, -0.15) is 0 Å². The summed E-state index contributed by atoms with van der Waals surface area (Å²) in [6.45, 7) is 6.89. The first kappa shape index (κ1) is 24.3. The van der Waals surface area contributed by atoms with Crippen molar-refractivity contribution in [3.63, 3.8) is 0 Å². The zero-order chi connectivity index (χ0) is 24.0. The Morgan fingerprint density at radius 2 is 1.82 bits per heavy atom. The van der Waals surface area contributed by atoms with E-state index >= 15 is 0 Å². The van der Waals surface area contributed by atoms with Crippen LogP contribution in [0.2, 0.25) is 0 Å². The lowest BCUT2D eigenvalue weighted by atomic mass is 10.1. The number of carbonyl (C=O) groups excluding carboxylic acids is 2. The van der Waals surface area contributed by atoms with Gasteiger partial charge in [-0.05, 0) is 61.0 Å². The molecule has 1 fully saturated rings. The monoisotopic (exact) mass is 468 g/mol. The van der Waals surface area contributed by atoms with Gasteiger partial charge in [0.05, 0.1) is 26.0 Å². The number of thiocarbonyl (C=S) groups is 1. The standard InChI is InChI=1S/C25H28N2O5S/c1-5-31-22-14-18(11-12-21(22)32-16-17(2)3)13-20-24(29)27(19-9-7-6-8-10-19)25(33)26(20)15-23(28)30-4/h6-14,17H,5,15-16H2,1-4H3/b20-13-. The Kier molecular flexibility index (Phi) is 8.06. The second-order valence-corrected chi connectivity index (χ2v) is 8.16. The third-order valence-electron chi connectivity index (χ3n) is 4.81. The molecule has 1 aliphatic rings. The van der Waals surface area contributed by atoms with Gasteiger partial charge in [0.2, 0.25) is 0 Å². The summed E-state index contributed by atoms with van der Waals surface area (Å²) >= 11 is 5.57. The number of methoxy groups -OCH3 is 1. The van der Waals surface area contributed by atoms with Crippen LogP contribution in [0.25, 0.3) is 6.08 Å². The Labute approximate surface area is 199 Å². The number of ether oxygens (including phenoxy) is 3. The molecular formula is C25H28N2O5S. The predicted molar refractivity (Wildman–Crippen MR) is 131 cm³/mol. The fraction of sp³-hybridized carbons (Fsp3) is 0.320. The third-order valence-corrected chi connectivity index (χ3v) is 5.21. The Balaban J connectivity index is 2.00. The van der Waals surface area contributed by atoms with E-state index in [4.69, 9.17) is 26.4 Å². The first-order chi connectivity index (χ1) is 15.8. The maximum atomic E-state index is 13.4. The summed E-state index contributed by atoms with van der Waals surface area (Å²) in [5.74, 6) is 0.763. The van der Waals surface area contributed by atoms with Crippen molar-refractivity contribution >= 4 is 41.0 Å². The average molecular weight is 469 g/mol. The molecule has 8 heteroatoms. The summed E-state index contributed by atoms with van der Waals surface area (Å²) in [5, 5.41) is 0.213. The highest BCUT2D eigenvalue weighted by Crippen LogP contribution is 2.32. The van der Waals surface area contributed by atoms with Crippen LogP contribution in [0, 0.1) is 5.92 Å². The fourth-order valence-electron chi connectivity index (χ4n) is 3.25. The molecule has 0 N–H and O–H groups in total. The Morgan fingerprint density at radius 3 is 2.45 bits per heavy atom. The summed E-state index contributed by atoms with van der Waals surface area (Å²) in [4.78, 5) is 28.3. The second-order valence-electron chi connectivity index (χ2n) is 7.79. The number of nitrogens with zero attached hydrogens (tertiary/aromatic N) is 2. The van der Waals surface area contributed by atoms with Crippen molar-refractivity contribution in [1.82, 2.24) is 4.90 Å². The Morgan fingerprint density at radius 1 is 1.09 bits per heavy atom. The molecule has 0 bridgehead atoms. The molecule has 1 aliphatic heterocycles. The van der Waals surface area contributed by atoms with Gasteiger partial charge >= 0.3 is 5.97 Å². The quantitative estimate of drug-likeness (QED) is 0.309. The van der Waals surface area contributed by atoms with E-state index in [9.17, 15) is 9.59 Å². The lowest BCUT2D eigenvalue weighted by Crippen LogP contribution is -2.35. The number of hydrogen-bond acceptors (Lipinski definition) is 6. The van der Waals surface area contributed by atoms with Crippen molar-refractivity contribution in [1.29, 1.82) is 0 Å². The largest absolute Gasteiger partial charge is 0.490 e. The number of esters is 1. The molecule has 1 heterocycles. The summed E-state index contributed by atoms with van der Waals surface area (Å²) in [6.07, 6.45) is 1.69. The third kappa shape index (κ3) is 5.70. The topological polar surface area (TPSA) is 68.3 Å².